The number of hydrogen-bond donors (Lipinski definition) is 2. The molecule has 0 aromatic carbocycles. The SMILES string of the molecule is CCCCCCCCCCCCCCN(CCCCCCCCCCCC)C(=O)C(N)CCCCN.Cl. The van der Waals surface area contributed by atoms with E-state index in [2.05, 4.69) is 18.7 Å². The minimum atomic E-state index is -0.350. The van der Waals surface area contributed by atoms with Crippen LogP contribution in [0.4, 0.5) is 0 Å². The number of rotatable bonds is 29. The van der Waals surface area contributed by atoms with Crippen molar-refractivity contribution in [3.05, 3.63) is 0 Å². The lowest BCUT2D eigenvalue weighted by molar-refractivity contribution is -0.133. The van der Waals surface area contributed by atoms with Gasteiger partial charge in [0.1, 0.15) is 0 Å². The molecule has 4 N–H and O–H groups in total. The first-order valence-electron chi connectivity index (χ1n) is 16.4. The summed E-state index contributed by atoms with van der Waals surface area (Å²) in [6, 6.07) is -0.350. The van der Waals surface area contributed by atoms with Gasteiger partial charge in [0.15, 0.2) is 0 Å². The Morgan fingerprint density at radius 3 is 1.19 bits per heavy atom. The van der Waals surface area contributed by atoms with Gasteiger partial charge in [-0.05, 0) is 32.2 Å². The van der Waals surface area contributed by atoms with Crippen molar-refractivity contribution in [3.63, 3.8) is 0 Å². The summed E-state index contributed by atoms with van der Waals surface area (Å²) in [4.78, 5) is 15.1. The highest BCUT2D eigenvalue weighted by Gasteiger charge is 2.20. The van der Waals surface area contributed by atoms with E-state index in [-0.39, 0.29) is 24.4 Å². The molecule has 0 spiro atoms. The summed E-state index contributed by atoms with van der Waals surface area (Å²) in [6.07, 6.45) is 32.1. The second-order valence-corrected chi connectivity index (χ2v) is 11.3. The van der Waals surface area contributed by atoms with Gasteiger partial charge in [0.05, 0.1) is 6.04 Å². The van der Waals surface area contributed by atoms with Crippen LogP contribution in [-0.4, -0.2) is 36.5 Å². The Hall–Kier alpha value is -0.320. The van der Waals surface area contributed by atoms with Crippen LogP contribution >= 0.6 is 12.4 Å². The Balaban J connectivity index is 0. The number of nitrogens with two attached hydrogens (primary N) is 2. The molecule has 0 saturated carbocycles. The van der Waals surface area contributed by atoms with E-state index in [1.54, 1.807) is 0 Å². The quantitative estimate of drug-likeness (QED) is 0.0919. The van der Waals surface area contributed by atoms with Gasteiger partial charge in [-0.25, -0.2) is 0 Å². The highest BCUT2D eigenvalue weighted by atomic mass is 35.5. The van der Waals surface area contributed by atoms with Gasteiger partial charge < -0.3 is 16.4 Å². The summed E-state index contributed by atoms with van der Waals surface area (Å²) >= 11 is 0. The van der Waals surface area contributed by atoms with E-state index in [1.807, 2.05) is 0 Å². The van der Waals surface area contributed by atoms with Crippen molar-refractivity contribution in [3.8, 4) is 0 Å². The summed E-state index contributed by atoms with van der Waals surface area (Å²) in [5, 5.41) is 0. The van der Waals surface area contributed by atoms with Gasteiger partial charge in [-0.3, -0.25) is 4.79 Å². The molecule has 4 nitrogen and oxygen atoms in total. The maximum atomic E-state index is 13.0. The van der Waals surface area contributed by atoms with Gasteiger partial charge in [-0.15, -0.1) is 12.4 Å². The monoisotopic (exact) mass is 546 g/mol. The van der Waals surface area contributed by atoms with Gasteiger partial charge in [-0.1, -0.05) is 149 Å². The number of halogens is 1. The highest BCUT2D eigenvalue weighted by Crippen LogP contribution is 2.14. The van der Waals surface area contributed by atoms with Crippen molar-refractivity contribution in [1.29, 1.82) is 0 Å². The second-order valence-electron chi connectivity index (χ2n) is 11.3. The van der Waals surface area contributed by atoms with E-state index >= 15 is 0 Å². The molecule has 0 bridgehead atoms. The van der Waals surface area contributed by atoms with Crippen molar-refractivity contribution < 1.29 is 4.79 Å². The number of carbonyl (C=O) groups excluding carboxylic acids is 1. The normalized spacial score (nSPS) is 11.9. The molecule has 0 heterocycles. The molecule has 0 aliphatic heterocycles. The van der Waals surface area contributed by atoms with Crippen LogP contribution in [0.2, 0.25) is 0 Å². The molecular formula is C32H68ClN3O. The van der Waals surface area contributed by atoms with Crippen LogP contribution in [0.3, 0.4) is 0 Å². The average Bonchev–Trinajstić information content (AvgIpc) is 2.88. The maximum Gasteiger partial charge on any atom is 0.239 e. The molecule has 224 valence electrons. The number of unbranched alkanes of at least 4 members (excludes halogenated alkanes) is 21. The van der Waals surface area contributed by atoms with E-state index < -0.39 is 0 Å². The van der Waals surface area contributed by atoms with Crippen molar-refractivity contribution >= 4 is 18.3 Å². The zero-order valence-electron chi connectivity index (χ0n) is 25.3. The summed E-state index contributed by atoms with van der Waals surface area (Å²) in [5.41, 5.74) is 11.9. The molecule has 0 saturated heterocycles. The Kier molecular flexibility index (Phi) is 33.5. The zero-order chi connectivity index (χ0) is 26.5. The fraction of sp³-hybridized carbons (Fsp3) is 0.969. The third-order valence-electron chi connectivity index (χ3n) is 7.66. The van der Waals surface area contributed by atoms with Crippen molar-refractivity contribution in [2.24, 2.45) is 11.5 Å². The van der Waals surface area contributed by atoms with Crippen molar-refractivity contribution in [1.82, 2.24) is 4.90 Å². The molecule has 0 rings (SSSR count). The second kappa shape index (κ2) is 31.9. The molecule has 5 heteroatoms. The molecule has 1 atom stereocenters. The molecule has 0 aliphatic rings. The molecule has 37 heavy (non-hydrogen) atoms. The third kappa shape index (κ3) is 27.1. The van der Waals surface area contributed by atoms with Gasteiger partial charge >= 0.3 is 0 Å². The number of hydrogen-bond acceptors (Lipinski definition) is 3. The van der Waals surface area contributed by atoms with Gasteiger partial charge in [0.2, 0.25) is 5.91 Å². The molecule has 0 aliphatic carbocycles. The topological polar surface area (TPSA) is 72.3 Å². The first-order chi connectivity index (χ1) is 17.7. The van der Waals surface area contributed by atoms with E-state index in [9.17, 15) is 4.79 Å². The van der Waals surface area contributed by atoms with E-state index in [4.69, 9.17) is 11.5 Å². The number of amides is 1. The lowest BCUT2D eigenvalue weighted by Gasteiger charge is -2.26. The Morgan fingerprint density at radius 2 is 0.865 bits per heavy atom. The molecular weight excluding hydrogens is 478 g/mol. The van der Waals surface area contributed by atoms with E-state index in [0.717, 1.165) is 45.2 Å². The molecule has 1 unspecified atom stereocenters. The molecule has 0 aromatic heterocycles. The summed E-state index contributed by atoms with van der Waals surface area (Å²) in [6.45, 7) is 7.02. The van der Waals surface area contributed by atoms with Crippen LogP contribution in [0.1, 0.15) is 174 Å². The molecule has 1 amide bonds. The van der Waals surface area contributed by atoms with Crippen LogP contribution in [0.15, 0.2) is 0 Å². The largest absolute Gasteiger partial charge is 0.341 e. The lowest BCUT2D eigenvalue weighted by atomic mass is 10.0. The Labute approximate surface area is 239 Å². The summed E-state index contributed by atoms with van der Waals surface area (Å²) < 4.78 is 0. The van der Waals surface area contributed by atoms with Gasteiger partial charge in [-0.2, -0.15) is 0 Å². The van der Waals surface area contributed by atoms with E-state index in [1.165, 1.54) is 128 Å². The van der Waals surface area contributed by atoms with Crippen LogP contribution < -0.4 is 11.5 Å². The summed E-state index contributed by atoms with van der Waals surface area (Å²) in [7, 11) is 0. The Bertz CT molecular complexity index is 450. The standard InChI is InChI=1S/C32H67N3O.ClH/c1-3-5-7-9-11-13-15-16-18-20-22-26-30-35(32(36)31(34)27-23-24-28-33)29-25-21-19-17-14-12-10-8-6-4-2;/h31H,3-30,33-34H2,1-2H3;1H. The van der Waals surface area contributed by atoms with Crippen LogP contribution in [-0.2, 0) is 4.79 Å². The average molecular weight is 546 g/mol. The van der Waals surface area contributed by atoms with Gasteiger partial charge in [0.25, 0.3) is 0 Å². The zero-order valence-corrected chi connectivity index (χ0v) is 26.1. The van der Waals surface area contributed by atoms with Crippen molar-refractivity contribution in [2.45, 2.75) is 180 Å². The summed E-state index contributed by atoms with van der Waals surface area (Å²) in [5.74, 6) is 0.172. The number of nitrogens with zero attached hydrogens (tertiary/aromatic N) is 1. The number of carbonyl (C=O) groups is 1. The van der Waals surface area contributed by atoms with Crippen LogP contribution in [0, 0.1) is 0 Å². The predicted molar refractivity (Wildman–Crippen MR) is 168 cm³/mol. The lowest BCUT2D eigenvalue weighted by Crippen LogP contribution is -2.44. The fourth-order valence-corrected chi connectivity index (χ4v) is 5.13. The molecule has 0 aromatic rings. The van der Waals surface area contributed by atoms with Crippen molar-refractivity contribution in [2.75, 3.05) is 19.6 Å². The minimum Gasteiger partial charge on any atom is -0.341 e. The Morgan fingerprint density at radius 1 is 0.541 bits per heavy atom. The van der Waals surface area contributed by atoms with Crippen LogP contribution in [0.25, 0.3) is 0 Å². The minimum absolute atomic E-state index is 0. The maximum absolute atomic E-state index is 13.0. The molecule has 0 fully saturated rings. The van der Waals surface area contributed by atoms with Gasteiger partial charge in [0, 0.05) is 13.1 Å². The first kappa shape index (κ1) is 38.8. The van der Waals surface area contributed by atoms with Crippen LogP contribution in [0.5, 0.6) is 0 Å². The predicted octanol–water partition coefficient (Wildman–Crippen LogP) is 9.32. The fourth-order valence-electron chi connectivity index (χ4n) is 5.13. The first-order valence-corrected chi connectivity index (χ1v) is 16.4. The smallest absolute Gasteiger partial charge is 0.239 e. The third-order valence-corrected chi connectivity index (χ3v) is 7.66. The molecule has 0 radical (unpaired) electrons. The van der Waals surface area contributed by atoms with E-state index in [0.29, 0.717) is 6.54 Å². The highest BCUT2D eigenvalue weighted by molar-refractivity contribution is 5.85.